The number of nitrogens with zero attached hydrogens (tertiary/aromatic N) is 2. The van der Waals surface area contributed by atoms with Crippen LogP contribution in [0.1, 0.15) is 131 Å². The lowest BCUT2D eigenvalue weighted by molar-refractivity contribution is -0.320. The Kier molecular flexibility index (Phi) is 24.3. The fraction of sp³-hybridized carbons (Fsp3) is 0.783. The zero-order chi connectivity index (χ0) is 62.2. The number of carbonyl (C=O) groups is 4. The molecule has 3 saturated heterocycles. The van der Waals surface area contributed by atoms with E-state index in [1.807, 2.05) is 32.8 Å². The Bertz CT molecular complexity index is 2600. The number of nitrogens with one attached hydrogen (secondary N) is 2. The first kappa shape index (κ1) is 68.8. The second-order valence-corrected chi connectivity index (χ2v) is 24.4. The maximum atomic E-state index is 15.0. The molecule has 0 amide bonds. The van der Waals surface area contributed by atoms with E-state index >= 15 is 4.39 Å². The molecule has 4 heterocycles. The van der Waals surface area contributed by atoms with Gasteiger partial charge in [-0.3, -0.25) is 19.2 Å². The third kappa shape index (κ3) is 16.3. The number of ketones is 1. The number of benzene rings is 1. The molecule has 1 aromatic heterocycles. The van der Waals surface area contributed by atoms with E-state index in [1.54, 1.807) is 46.1 Å². The number of carbonyl (C=O) groups excluding carboxylic acids is 3. The van der Waals surface area contributed by atoms with Gasteiger partial charge in [0, 0.05) is 81.7 Å². The first-order valence-electron chi connectivity index (χ1n) is 29.7. The topological polar surface area (TPSA) is 291 Å². The number of Topliss-reactive ketones (excluding diaryl/α,β-unsaturated/α-hetero) is 1. The minimum atomic E-state index is -2.04. The van der Waals surface area contributed by atoms with Crippen LogP contribution >= 0.6 is 0 Å². The van der Waals surface area contributed by atoms with Crippen molar-refractivity contribution in [2.75, 3.05) is 79.7 Å². The summed E-state index contributed by atoms with van der Waals surface area (Å²) in [6.45, 7) is 19.0. The molecular weight excluding hydrogens is 1100 g/mol. The molecular formula is C60H95FN4O19. The molecule has 1 saturated carbocycles. The molecule has 2 aromatic rings. The number of fused-ring (bicyclic) bond motifs is 1. The summed E-state index contributed by atoms with van der Waals surface area (Å²) in [6.07, 6.45) is -6.68. The monoisotopic (exact) mass is 1190 g/mol. The van der Waals surface area contributed by atoms with E-state index in [0.29, 0.717) is 25.1 Å². The number of anilines is 1. The highest BCUT2D eigenvalue weighted by molar-refractivity contribution is 5.93. The molecule has 0 unspecified atom stereocenters. The first-order chi connectivity index (χ1) is 39.5. The number of esters is 2. The van der Waals surface area contributed by atoms with Gasteiger partial charge in [-0.15, -0.1) is 0 Å². The van der Waals surface area contributed by atoms with Crippen LogP contribution < -0.4 is 16.1 Å². The zero-order valence-corrected chi connectivity index (χ0v) is 51.6. The van der Waals surface area contributed by atoms with Gasteiger partial charge in [-0.2, -0.15) is 0 Å². The Morgan fingerprint density at radius 2 is 1.50 bits per heavy atom. The summed E-state index contributed by atoms with van der Waals surface area (Å²) in [7, 11) is 6.70. The highest BCUT2D eigenvalue weighted by atomic mass is 19.1. The Balaban J connectivity index is 1.05. The maximum Gasteiger partial charge on any atom is 0.341 e. The molecule has 4 aliphatic rings. The van der Waals surface area contributed by atoms with Crippen molar-refractivity contribution in [2.24, 2.45) is 23.7 Å². The summed E-state index contributed by atoms with van der Waals surface area (Å²) < 4.78 is 79.3. The van der Waals surface area contributed by atoms with Crippen molar-refractivity contribution in [3.63, 3.8) is 0 Å². The molecule has 0 bridgehead atoms. The summed E-state index contributed by atoms with van der Waals surface area (Å²) >= 11 is 0. The number of aromatic carboxylic acids is 1. The predicted molar refractivity (Wildman–Crippen MR) is 306 cm³/mol. The van der Waals surface area contributed by atoms with Crippen molar-refractivity contribution in [3.8, 4) is 0 Å². The van der Waals surface area contributed by atoms with E-state index in [2.05, 4.69) is 10.6 Å². The average Bonchev–Trinajstić information content (AvgIpc) is 3.20. The fourth-order valence-corrected chi connectivity index (χ4v) is 12.3. The number of methoxy groups -OCH3 is 2. The van der Waals surface area contributed by atoms with Gasteiger partial charge < -0.3 is 87.9 Å². The van der Waals surface area contributed by atoms with E-state index in [4.69, 9.17) is 47.4 Å². The van der Waals surface area contributed by atoms with Gasteiger partial charge in [-0.25, -0.2) is 9.18 Å². The summed E-state index contributed by atoms with van der Waals surface area (Å²) in [6, 6.07) is 2.31. The number of hydrogen-bond acceptors (Lipinski definition) is 21. The summed E-state index contributed by atoms with van der Waals surface area (Å²) in [5, 5.41) is 51.0. The summed E-state index contributed by atoms with van der Waals surface area (Å²) in [5.41, 5.74) is -5.03. The lowest BCUT2D eigenvalue weighted by Crippen LogP contribution is -2.61. The first-order valence-corrected chi connectivity index (χ1v) is 29.7. The number of carboxylic acids is 1. The van der Waals surface area contributed by atoms with Gasteiger partial charge in [0.25, 0.3) is 0 Å². The number of carboxylic acid groups (broad SMARTS) is 1. The standard InChI is InChI=1S/C60H95FN4O19/c1-15-45-60(10,74)52(70)34(4)48(67)32(2)29-58(8,75-13)53(84-57-50(69)44(64(11)12)26-33(3)79-57)35(5)51(36(6)56(73)81-45)83-47-30-59(9,76-14)54(37(7)80-47)82-46(66)18-19-62-20-22-77-24-25-78-23-21-63-42-28-43-39(27-41(42)61)49(68)40(55(71)72)31-65(43)38-16-17-38/h27-28,31-38,44-45,47,50-54,57,62-63,69-70,74H,15-26,29-30H2,1-14H3,(H,71,72)/t32-,33+,34+,35+,36-,37+,44-,45-,47+,50+,51+,52-,53-,54+,57-,58-,59-,60-/m1/s1. The van der Waals surface area contributed by atoms with Crippen molar-refractivity contribution in [1.82, 2.24) is 14.8 Å². The normalized spacial score (nSPS) is 35.6. The van der Waals surface area contributed by atoms with Crippen LogP contribution in [0.2, 0.25) is 0 Å². The molecule has 23 nitrogen and oxygen atoms in total. The number of likely N-dealkylation sites (N-methyl/N-ethyl adjacent to an activating group) is 1. The van der Waals surface area contributed by atoms with Gasteiger partial charge in [0.15, 0.2) is 18.7 Å². The van der Waals surface area contributed by atoms with E-state index in [9.17, 15) is 44.4 Å². The number of cyclic esters (lactones) is 1. The number of aromatic nitrogens is 1. The smallest absolute Gasteiger partial charge is 0.341 e. The molecule has 476 valence electrons. The second-order valence-electron chi connectivity index (χ2n) is 24.4. The molecule has 6 rings (SSSR count). The van der Waals surface area contributed by atoms with Gasteiger partial charge in [-0.1, -0.05) is 27.7 Å². The number of aliphatic hydroxyl groups is 3. The zero-order valence-electron chi connectivity index (χ0n) is 51.6. The van der Waals surface area contributed by atoms with Crippen LogP contribution in [0.4, 0.5) is 10.1 Å². The van der Waals surface area contributed by atoms with Crippen LogP contribution in [0, 0.1) is 29.5 Å². The molecule has 0 radical (unpaired) electrons. The van der Waals surface area contributed by atoms with E-state index in [1.165, 1.54) is 40.3 Å². The Morgan fingerprint density at radius 3 is 2.11 bits per heavy atom. The van der Waals surface area contributed by atoms with E-state index in [0.717, 1.165) is 18.9 Å². The second kappa shape index (κ2) is 29.6. The van der Waals surface area contributed by atoms with Crippen molar-refractivity contribution >= 4 is 40.3 Å². The lowest BCUT2D eigenvalue weighted by Gasteiger charge is -2.50. The number of halogens is 1. The third-order valence-electron chi connectivity index (χ3n) is 17.6. The molecule has 84 heavy (non-hydrogen) atoms. The average molecular weight is 1200 g/mol. The number of pyridine rings is 1. The van der Waals surface area contributed by atoms with Crippen molar-refractivity contribution in [1.29, 1.82) is 0 Å². The number of ether oxygens (including phenoxy) is 10. The van der Waals surface area contributed by atoms with Crippen molar-refractivity contribution in [3.05, 3.63) is 39.9 Å². The minimum Gasteiger partial charge on any atom is -0.477 e. The predicted octanol–water partition coefficient (Wildman–Crippen LogP) is 4.60. The largest absolute Gasteiger partial charge is 0.477 e. The van der Waals surface area contributed by atoms with Crippen LogP contribution in [0.15, 0.2) is 23.1 Å². The lowest BCUT2D eigenvalue weighted by atomic mass is 9.74. The molecule has 4 fully saturated rings. The number of rotatable bonds is 24. The molecule has 1 aliphatic carbocycles. The van der Waals surface area contributed by atoms with Gasteiger partial charge in [0.2, 0.25) is 5.43 Å². The van der Waals surface area contributed by atoms with Crippen molar-refractivity contribution in [2.45, 2.75) is 204 Å². The highest BCUT2D eigenvalue weighted by Crippen LogP contribution is 2.43. The van der Waals surface area contributed by atoms with Crippen LogP contribution in [0.3, 0.4) is 0 Å². The summed E-state index contributed by atoms with van der Waals surface area (Å²) in [5.74, 6) is -7.42. The molecule has 18 atom stereocenters. The van der Waals surface area contributed by atoms with Crippen molar-refractivity contribution < 1.29 is 91.4 Å². The SMILES string of the molecule is CC[C@H]1OC(=O)[C@H](C)[C@@H](O[C@H]2C[C@@](C)(OC)[C@@H](OC(=O)CCNCCOCCOCCNc3cc4c(cc3F)c(=O)c(C(=O)O)cn4C3CC3)[C@H](C)O2)[C@H](C)[C@@H](O[C@H]2O[C@@H](C)C[C@@H](N(C)C)[C@@H]2O)[C@](C)(OC)C[C@@H](C)C(=O)[C@H](C)[C@@H](O)[C@]1(C)O. The number of aliphatic hydroxyl groups excluding tert-OH is 2. The molecule has 1 aromatic carbocycles. The van der Waals surface area contributed by atoms with E-state index < -0.39 is 130 Å². The van der Waals surface area contributed by atoms with Crippen LogP contribution in [0.5, 0.6) is 0 Å². The van der Waals surface area contributed by atoms with Crippen LogP contribution in [-0.4, -0.2) is 212 Å². The minimum absolute atomic E-state index is 0.0109. The third-order valence-corrected chi connectivity index (χ3v) is 17.6. The van der Waals surface area contributed by atoms with Crippen LogP contribution in [-0.2, 0) is 61.8 Å². The Morgan fingerprint density at radius 1 is 0.857 bits per heavy atom. The summed E-state index contributed by atoms with van der Waals surface area (Å²) in [4.78, 5) is 68.6. The highest BCUT2D eigenvalue weighted by Gasteiger charge is 2.55. The Hall–Kier alpha value is -4.28. The number of hydrogen-bond donors (Lipinski definition) is 6. The quantitative estimate of drug-likeness (QED) is 0.0618. The van der Waals surface area contributed by atoms with Gasteiger partial charge >= 0.3 is 17.9 Å². The molecule has 6 N–H and O–H groups in total. The molecule has 0 spiro atoms. The molecule has 3 aliphatic heterocycles. The van der Waals surface area contributed by atoms with Crippen LogP contribution in [0.25, 0.3) is 10.9 Å². The maximum absolute atomic E-state index is 15.0. The van der Waals surface area contributed by atoms with Gasteiger partial charge in [-0.05, 0) is 99.9 Å². The van der Waals surface area contributed by atoms with Gasteiger partial charge in [0.05, 0.1) is 86.1 Å². The fourth-order valence-electron chi connectivity index (χ4n) is 12.3. The molecule has 24 heteroatoms. The van der Waals surface area contributed by atoms with Gasteiger partial charge in [0.1, 0.15) is 40.6 Å². The van der Waals surface area contributed by atoms with E-state index in [-0.39, 0.29) is 93.6 Å². The Labute approximate surface area is 492 Å².